The van der Waals surface area contributed by atoms with E-state index in [1.165, 1.54) is 23.5 Å². The third-order valence-electron chi connectivity index (χ3n) is 5.26. The van der Waals surface area contributed by atoms with Crippen LogP contribution in [0, 0.1) is 0 Å². The smallest absolute Gasteiger partial charge is 0.261 e. The average molecular weight is 444 g/mol. The number of nitrogens with zero attached hydrogens (tertiary/aromatic N) is 2. The molecule has 2 aromatic rings. The lowest BCUT2D eigenvalue weighted by atomic mass is 10.1. The lowest BCUT2D eigenvalue weighted by Gasteiger charge is -2.21. The van der Waals surface area contributed by atoms with Crippen LogP contribution in [0.2, 0.25) is 0 Å². The van der Waals surface area contributed by atoms with Crippen LogP contribution in [0.25, 0.3) is 0 Å². The summed E-state index contributed by atoms with van der Waals surface area (Å²) in [5.41, 5.74) is 1.44. The zero-order valence-corrected chi connectivity index (χ0v) is 18.5. The van der Waals surface area contributed by atoms with Crippen LogP contribution >= 0.6 is 0 Å². The SMILES string of the molecule is CC(C)N(C)S(=O)(=O)c1ccc(CNC(=O)CCN2C(=O)c3ccccc3C2=O)cc1. The van der Waals surface area contributed by atoms with Gasteiger partial charge in [0, 0.05) is 32.6 Å². The third kappa shape index (κ3) is 4.67. The summed E-state index contributed by atoms with van der Waals surface area (Å²) in [6, 6.07) is 12.7. The van der Waals surface area contributed by atoms with E-state index < -0.39 is 21.8 Å². The molecule has 0 spiro atoms. The zero-order chi connectivity index (χ0) is 22.8. The second-order valence-electron chi connectivity index (χ2n) is 7.59. The molecule has 3 rings (SSSR count). The highest BCUT2D eigenvalue weighted by atomic mass is 32.2. The van der Waals surface area contributed by atoms with Gasteiger partial charge in [0.25, 0.3) is 11.8 Å². The van der Waals surface area contributed by atoms with Gasteiger partial charge in [0.05, 0.1) is 16.0 Å². The van der Waals surface area contributed by atoms with Crippen LogP contribution < -0.4 is 5.32 Å². The van der Waals surface area contributed by atoms with Crippen molar-refractivity contribution < 1.29 is 22.8 Å². The van der Waals surface area contributed by atoms with Crippen LogP contribution in [0.4, 0.5) is 0 Å². The number of carbonyl (C=O) groups is 3. The van der Waals surface area contributed by atoms with Crippen molar-refractivity contribution in [3.63, 3.8) is 0 Å². The number of rotatable bonds is 8. The Labute approximate surface area is 181 Å². The Bertz CT molecular complexity index is 1080. The lowest BCUT2D eigenvalue weighted by Crippen LogP contribution is -2.34. The molecule has 0 saturated heterocycles. The summed E-state index contributed by atoms with van der Waals surface area (Å²) in [6.45, 7) is 3.80. The Morgan fingerprint density at radius 1 is 1.00 bits per heavy atom. The van der Waals surface area contributed by atoms with Gasteiger partial charge in [-0.15, -0.1) is 0 Å². The largest absolute Gasteiger partial charge is 0.352 e. The van der Waals surface area contributed by atoms with E-state index in [2.05, 4.69) is 5.32 Å². The molecular formula is C22H25N3O5S. The van der Waals surface area contributed by atoms with E-state index in [-0.39, 0.29) is 36.4 Å². The lowest BCUT2D eigenvalue weighted by molar-refractivity contribution is -0.121. The summed E-state index contributed by atoms with van der Waals surface area (Å²) in [5, 5.41) is 2.72. The Morgan fingerprint density at radius 2 is 1.55 bits per heavy atom. The molecular weight excluding hydrogens is 418 g/mol. The molecule has 0 aliphatic carbocycles. The quantitative estimate of drug-likeness (QED) is 0.629. The molecule has 3 amide bonds. The van der Waals surface area contributed by atoms with E-state index in [4.69, 9.17) is 0 Å². The fraction of sp³-hybridized carbons (Fsp3) is 0.318. The van der Waals surface area contributed by atoms with E-state index in [9.17, 15) is 22.8 Å². The number of imide groups is 1. The molecule has 2 aromatic carbocycles. The van der Waals surface area contributed by atoms with Crippen molar-refractivity contribution in [1.29, 1.82) is 0 Å². The van der Waals surface area contributed by atoms with Gasteiger partial charge >= 0.3 is 0 Å². The van der Waals surface area contributed by atoms with Gasteiger partial charge in [-0.2, -0.15) is 4.31 Å². The molecule has 0 bridgehead atoms. The summed E-state index contributed by atoms with van der Waals surface area (Å²) in [6.07, 6.45) is -0.0168. The molecule has 1 aliphatic rings. The first-order valence-electron chi connectivity index (χ1n) is 9.92. The van der Waals surface area contributed by atoms with Crippen molar-refractivity contribution in [2.24, 2.45) is 0 Å². The Hall–Kier alpha value is -3.04. The molecule has 0 radical (unpaired) electrons. The highest BCUT2D eigenvalue weighted by molar-refractivity contribution is 7.89. The molecule has 1 aliphatic heterocycles. The van der Waals surface area contributed by atoms with Crippen LogP contribution in [0.5, 0.6) is 0 Å². The van der Waals surface area contributed by atoms with Crippen molar-refractivity contribution in [1.82, 2.24) is 14.5 Å². The molecule has 0 saturated carbocycles. The van der Waals surface area contributed by atoms with Crippen molar-refractivity contribution in [2.75, 3.05) is 13.6 Å². The molecule has 1 heterocycles. The van der Waals surface area contributed by atoms with E-state index in [1.807, 2.05) is 0 Å². The maximum absolute atomic E-state index is 12.5. The number of hydrogen-bond acceptors (Lipinski definition) is 5. The van der Waals surface area contributed by atoms with E-state index in [0.29, 0.717) is 11.1 Å². The van der Waals surface area contributed by atoms with Crippen molar-refractivity contribution in [3.05, 3.63) is 65.2 Å². The molecule has 1 N–H and O–H groups in total. The van der Waals surface area contributed by atoms with Gasteiger partial charge in [-0.1, -0.05) is 24.3 Å². The fourth-order valence-corrected chi connectivity index (χ4v) is 4.54. The fourth-order valence-electron chi connectivity index (χ4n) is 3.17. The predicted octanol–water partition coefficient (Wildman–Crippen LogP) is 2.02. The van der Waals surface area contributed by atoms with Crippen LogP contribution in [0.15, 0.2) is 53.4 Å². The van der Waals surface area contributed by atoms with Gasteiger partial charge in [0.2, 0.25) is 15.9 Å². The molecule has 31 heavy (non-hydrogen) atoms. The van der Waals surface area contributed by atoms with Crippen LogP contribution in [-0.4, -0.2) is 55.0 Å². The minimum Gasteiger partial charge on any atom is -0.352 e. The molecule has 0 unspecified atom stereocenters. The summed E-state index contributed by atoms with van der Waals surface area (Å²) in [4.78, 5) is 38.1. The topological polar surface area (TPSA) is 104 Å². The standard InChI is InChI=1S/C22H25N3O5S/c1-15(2)24(3)31(29,30)17-10-8-16(9-11-17)14-23-20(26)12-13-25-21(27)18-6-4-5-7-19(18)22(25)28/h4-11,15H,12-14H2,1-3H3,(H,23,26). The highest BCUT2D eigenvalue weighted by Gasteiger charge is 2.34. The van der Waals surface area contributed by atoms with E-state index in [0.717, 1.165) is 10.5 Å². The monoisotopic (exact) mass is 443 g/mol. The first kappa shape index (κ1) is 22.6. The van der Waals surface area contributed by atoms with Gasteiger partial charge in [-0.25, -0.2) is 8.42 Å². The molecule has 0 aromatic heterocycles. The molecule has 0 atom stereocenters. The Kier molecular flexibility index (Phi) is 6.56. The zero-order valence-electron chi connectivity index (χ0n) is 17.7. The highest BCUT2D eigenvalue weighted by Crippen LogP contribution is 2.22. The summed E-state index contributed by atoms with van der Waals surface area (Å²) in [5.74, 6) is -1.10. The number of sulfonamides is 1. The first-order chi connectivity index (χ1) is 14.6. The summed E-state index contributed by atoms with van der Waals surface area (Å²) < 4.78 is 26.3. The van der Waals surface area contributed by atoms with Gasteiger partial charge in [0.1, 0.15) is 0 Å². The number of benzene rings is 2. The average Bonchev–Trinajstić information content (AvgIpc) is 3.00. The maximum atomic E-state index is 12.5. The Morgan fingerprint density at radius 3 is 2.06 bits per heavy atom. The van der Waals surface area contributed by atoms with Crippen LogP contribution in [0.1, 0.15) is 46.5 Å². The van der Waals surface area contributed by atoms with Gasteiger partial charge in [-0.3, -0.25) is 19.3 Å². The Balaban J connectivity index is 1.53. The second-order valence-corrected chi connectivity index (χ2v) is 9.59. The van der Waals surface area contributed by atoms with Crippen LogP contribution in [-0.2, 0) is 21.4 Å². The predicted molar refractivity (Wildman–Crippen MR) is 115 cm³/mol. The minimum atomic E-state index is -3.56. The van der Waals surface area contributed by atoms with Crippen molar-refractivity contribution in [3.8, 4) is 0 Å². The third-order valence-corrected chi connectivity index (χ3v) is 7.31. The first-order valence-corrected chi connectivity index (χ1v) is 11.4. The number of hydrogen-bond donors (Lipinski definition) is 1. The van der Waals surface area contributed by atoms with Crippen molar-refractivity contribution in [2.45, 2.75) is 37.8 Å². The molecule has 9 heteroatoms. The van der Waals surface area contributed by atoms with Gasteiger partial charge < -0.3 is 5.32 Å². The molecule has 8 nitrogen and oxygen atoms in total. The summed E-state index contributed by atoms with van der Waals surface area (Å²) >= 11 is 0. The minimum absolute atomic E-state index is 0.00308. The summed E-state index contributed by atoms with van der Waals surface area (Å²) in [7, 11) is -2.03. The van der Waals surface area contributed by atoms with E-state index >= 15 is 0 Å². The van der Waals surface area contributed by atoms with E-state index in [1.54, 1.807) is 50.2 Å². The molecule has 0 fully saturated rings. The molecule has 164 valence electrons. The number of nitrogens with one attached hydrogen (secondary N) is 1. The number of fused-ring (bicyclic) bond motifs is 1. The van der Waals surface area contributed by atoms with Gasteiger partial charge in [0.15, 0.2) is 0 Å². The number of carbonyl (C=O) groups excluding carboxylic acids is 3. The van der Waals surface area contributed by atoms with Gasteiger partial charge in [-0.05, 0) is 43.7 Å². The second kappa shape index (κ2) is 8.99. The maximum Gasteiger partial charge on any atom is 0.261 e. The van der Waals surface area contributed by atoms with Crippen molar-refractivity contribution >= 4 is 27.7 Å². The van der Waals surface area contributed by atoms with Crippen LogP contribution in [0.3, 0.4) is 0 Å². The normalized spacial score (nSPS) is 13.8. The number of amides is 3.